The lowest BCUT2D eigenvalue weighted by atomic mass is 10.2. The molecule has 2 nitrogen and oxygen atoms in total. The summed E-state index contributed by atoms with van der Waals surface area (Å²) in [6.45, 7) is 0.303. The van der Waals surface area contributed by atoms with Crippen LogP contribution in [0.15, 0.2) is 41.0 Å². The minimum atomic E-state index is -4.41. The van der Waals surface area contributed by atoms with Crippen LogP contribution in [0, 0.1) is 0 Å². The Labute approximate surface area is 104 Å². The van der Waals surface area contributed by atoms with Crippen molar-refractivity contribution >= 4 is 15.9 Å². The predicted molar refractivity (Wildman–Crippen MR) is 60.5 cm³/mol. The molecule has 0 amide bonds. The molecule has 0 spiro atoms. The molecule has 0 aliphatic rings. The summed E-state index contributed by atoms with van der Waals surface area (Å²) in [5, 5.41) is 3.52. The SMILES string of the molecule is FC(F)(F)c1cc(Br)n(Cc2ccccc2)n1. The Morgan fingerprint density at radius 2 is 1.82 bits per heavy atom. The Bertz CT molecular complexity index is 505. The van der Waals surface area contributed by atoms with Gasteiger partial charge >= 0.3 is 6.18 Å². The summed E-state index contributed by atoms with van der Waals surface area (Å²) in [6.07, 6.45) is -4.41. The van der Waals surface area contributed by atoms with Crippen LogP contribution in [0.5, 0.6) is 0 Å². The maximum Gasteiger partial charge on any atom is 0.435 e. The van der Waals surface area contributed by atoms with Gasteiger partial charge in [0.05, 0.1) is 6.54 Å². The van der Waals surface area contributed by atoms with Gasteiger partial charge in [-0.05, 0) is 21.5 Å². The maximum atomic E-state index is 12.4. The molecule has 2 aromatic rings. The second-order valence-corrected chi connectivity index (χ2v) is 4.31. The Morgan fingerprint density at radius 3 is 2.35 bits per heavy atom. The first-order valence-corrected chi connectivity index (χ1v) is 5.60. The second kappa shape index (κ2) is 4.52. The van der Waals surface area contributed by atoms with Crippen LogP contribution in [0.2, 0.25) is 0 Å². The van der Waals surface area contributed by atoms with Gasteiger partial charge in [0.2, 0.25) is 0 Å². The zero-order chi connectivity index (χ0) is 12.5. The zero-order valence-electron chi connectivity index (χ0n) is 8.58. The van der Waals surface area contributed by atoms with E-state index in [0.29, 0.717) is 11.1 Å². The van der Waals surface area contributed by atoms with E-state index < -0.39 is 11.9 Å². The number of halogens is 4. The van der Waals surface area contributed by atoms with Crippen LogP contribution in [-0.2, 0) is 12.7 Å². The molecular formula is C11H8BrF3N2. The summed E-state index contributed by atoms with van der Waals surface area (Å²) < 4.78 is 38.9. The van der Waals surface area contributed by atoms with Crippen molar-refractivity contribution in [2.45, 2.75) is 12.7 Å². The lowest BCUT2D eigenvalue weighted by Gasteiger charge is -2.04. The second-order valence-electron chi connectivity index (χ2n) is 3.49. The fraction of sp³-hybridized carbons (Fsp3) is 0.182. The van der Waals surface area contributed by atoms with E-state index in [0.717, 1.165) is 11.6 Å². The number of alkyl halides is 3. The van der Waals surface area contributed by atoms with Crippen molar-refractivity contribution in [3.8, 4) is 0 Å². The molecule has 17 heavy (non-hydrogen) atoms. The fourth-order valence-corrected chi connectivity index (χ4v) is 1.82. The van der Waals surface area contributed by atoms with E-state index >= 15 is 0 Å². The van der Waals surface area contributed by atoms with Crippen LogP contribution in [0.3, 0.4) is 0 Å². The highest BCUT2D eigenvalue weighted by molar-refractivity contribution is 9.10. The van der Waals surface area contributed by atoms with E-state index in [-0.39, 0.29) is 0 Å². The number of hydrogen-bond acceptors (Lipinski definition) is 1. The Hall–Kier alpha value is -1.30. The highest BCUT2D eigenvalue weighted by Gasteiger charge is 2.34. The summed E-state index contributed by atoms with van der Waals surface area (Å²) in [5.41, 5.74) is 0.00494. The van der Waals surface area contributed by atoms with E-state index in [2.05, 4.69) is 21.0 Å². The molecule has 2 rings (SSSR count). The van der Waals surface area contributed by atoms with Gasteiger partial charge < -0.3 is 0 Å². The molecule has 0 bridgehead atoms. The van der Waals surface area contributed by atoms with Crippen LogP contribution in [-0.4, -0.2) is 9.78 Å². The van der Waals surface area contributed by atoms with Crippen molar-refractivity contribution in [3.05, 3.63) is 52.3 Å². The molecular weight excluding hydrogens is 297 g/mol. The average Bonchev–Trinajstić information content (AvgIpc) is 2.62. The van der Waals surface area contributed by atoms with E-state index in [9.17, 15) is 13.2 Å². The summed E-state index contributed by atoms with van der Waals surface area (Å²) in [5.74, 6) is 0. The molecule has 1 aromatic heterocycles. The van der Waals surface area contributed by atoms with Gasteiger partial charge in [-0.2, -0.15) is 18.3 Å². The van der Waals surface area contributed by atoms with Crippen molar-refractivity contribution < 1.29 is 13.2 Å². The summed E-state index contributed by atoms with van der Waals surface area (Å²) in [7, 11) is 0. The predicted octanol–water partition coefficient (Wildman–Crippen LogP) is 3.71. The van der Waals surface area contributed by atoms with Crippen molar-refractivity contribution in [3.63, 3.8) is 0 Å². The molecule has 1 aromatic carbocycles. The molecule has 90 valence electrons. The van der Waals surface area contributed by atoms with Crippen LogP contribution in [0.1, 0.15) is 11.3 Å². The van der Waals surface area contributed by atoms with Gasteiger partial charge in [0.1, 0.15) is 4.60 Å². The largest absolute Gasteiger partial charge is 0.435 e. The fourth-order valence-electron chi connectivity index (χ4n) is 1.40. The topological polar surface area (TPSA) is 17.8 Å². The molecule has 0 N–H and O–H groups in total. The van der Waals surface area contributed by atoms with Crippen LogP contribution in [0.25, 0.3) is 0 Å². The Morgan fingerprint density at radius 1 is 1.18 bits per heavy atom. The molecule has 0 atom stereocenters. The first kappa shape index (κ1) is 12.2. The molecule has 0 saturated carbocycles. The molecule has 0 unspecified atom stereocenters. The van der Waals surface area contributed by atoms with E-state index in [4.69, 9.17) is 0 Å². The minimum absolute atomic E-state index is 0.303. The van der Waals surface area contributed by atoms with Gasteiger partial charge in [0.15, 0.2) is 5.69 Å². The number of rotatable bonds is 2. The van der Waals surface area contributed by atoms with Crippen molar-refractivity contribution in [2.24, 2.45) is 0 Å². The third-order valence-corrected chi connectivity index (χ3v) is 2.83. The Kier molecular flexibility index (Phi) is 3.24. The van der Waals surface area contributed by atoms with Gasteiger partial charge in [-0.15, -0.1) is 0 Å². The van der Waals surface area contributed by atoms with Crippen LogP contribution in [0.4, 0.5) is 13.2 Å². The molecule has 0 aliphatic heterocycles. The van der Waals surface area contributed by atoms with E-state index in [1.54, 1.807) is 0 Å². The van der Waals surface area contributed by atoms with Crippen molar-refractivity contribution in [1.82, 2.24) is 9.78 Å². The summed E-state index contributed by atoms with van der Waals surface area (Å²) in [4.78, 5) is 0. The molecule has 0 aliphatic carbocycles. The van der Waals surface area contributed by atoms with Crippen molar-refractivity contribution in [1.29, 1.82) is 0 Å². The molecule has 0 radical (unpaired) electrons. The lowest BCUT2D eigenvalue weighted by Crippen LogP contribution is -2.08. The van der Waals surface area contributed by atoms with E-state index in [1.165, 1.54) is 4.68 Å². The normalized spacial score (nSPS) is 11.8. The maximum absolute atomic E-state index is 12.4. The standard InChI is InChI=1S/C11H8BrF3N2/c12-10-6-9(11(13,14)15)16-17(10)7-8-4-2-1-3-5-8/h1-6H,7H2. The summed E-state index contributed by atoms with van der Waals surface area (Å²) in [6, 6.07) is 10.2. The zero-order valence-corrected chi connectivity index (χ0v) is 10.2. The van der Waals surface area contributed by atoms with Crippen molar-refractivity contribution in [2.75, 3.05) is 0 Å². The highest BCUT2D eigenvalue weighted by atomic mass is 79.9. The monoisotopic (exact) mass is 304 g/mol. The number of benzene rings is 1. The van der Waals surface area contributed by atoms with Crippen LogP contribution < -0.4 is 0 Å². The minimum Gasteiger partial charge on any atom is -0.253 e. The number of nitrogens with zero attached hydrogens (tertiary/aromatic N) is 2. The lowest BCUT2D eigenvalue weighted by molar-refractivity contribution is -0.141. The molecule has 1 heterocycles. The van der Waals surface area contributed by atoms with Gasteiger partial charge in [0, 0.05) is 6.07 Å². The summed E-state index contributed by atoms with van der Waals surface area (Å²) >= 11 is 3.07. The number of hydrogen-bond donors (Lipinski definition) is 0. The van der Waals surface area contributed by atoms with Gasteiger partial charge in [0.25, 0.3) is 0 Å². The van der Waals surface area contributed by atoms with Gasteiger partial charge in [-0.1, -0.05) is 30.3 Å². The first-order chi connectivity index (χ1) is 7.97. The molecule has 6 heteroatoms. The van der Waals surface area contributed by atoms with Crippen LogP contribution >= 0.6 is 15.9 Å². The molecule has 0 fully saturated rings. The third-order valence-electron chi connectivity index (χ3n) is 2.20. The molecule has 0 saturated heterocycles. The Balaban J connectivity index is 2.26. The average molecular weight is 305 g/mol. The number of aromatic nitrogens is 2. The highest BCUT2D eigenvalue weighted by Crippen LogP contribution is 2.30. The van der Waals surface area contributed by atoms with Gasteiger partial charge in [-0.3, -0.25) is 4.68 Å². The first-order valence-electron chi connectivity index (χ1n) is 4.81. The third kappa shape index (κ3) is 2.88. The quantitative estimate of drug-likeness (QED) is 0.827. The van der Waals surface area contributed by atoms with E-state index in [1.807, 2.05) is 30.3 Å². The smallest absolute Gasteiger partial charge is 0.253 e. The van der Waals surface area contributed by atoms with Gasteiger partial charge in [-0.25, -0.2) is 0 Å².